The van der Waals surface area contributed by atoms with Crippen LogP contribution in [0.25, 0.3) is 0 Å². The molecule has 0 bridgehead atoms. The molecule has 0 heterocycles. The van der Waals surface area contributed by atoms with Crippen LogP contribution in [0, 0.1) is 12.8 Å². The van der Waals surface area contributed by atoms with Crippen LogP contribution in [0.2, 0.25) is 0 Å². The van der Waals surface area contributed by atoms with E-state index in [0.29, 0.717) is 12.5 Å². The normalized spacial score (nSPS) is 12.8. The Morgan fingerprint density at radius 3 is 2.65 bits per heavy atom. The van der Waals surface area contributed by atoms with Crippen molar-refractivity contribution in [2.75, 3.05) is 19.8 Å². The number of nitrogens with one attached hydrogen (secondary N) is 1. The lowest BCUT2D eigenvalue weighted by atomic mass is 10.1. The summed E-state index contributed by atoms with van der Waals surface area (Å²) < 4.78 is 6.67. The first-order valence-corrected chi connectivity index (χ1v) is 7.64. The highest BCUT2D eigenvalue weighted by molar-refractivity contribution is 9.10. The van der Waals surface area contributed by atoms with Crippen molar-refractivity contribution in [3.63, 3.8) is 0 Å². The van der Waals surface area contributed by atoms with E-state index in [0.717, 1.165) is 27.9 Å². The summed E-state index contributed by atoms with van der Waals surface area (Å²) in [4.78, 5) is 0. The van der Waals surface area contributed by atoms with Crippen molar-refractivity contribution in [1.29, 1.82) is 0 Å². The van der Waals surface area contributed by atoms with Crippen molar-refractivity contribution in [3.8, 4) is 5.75 Å². The minimum absolute atomic E-state index is 0.0934. The summed E-state index contributed by atoms with van der Waals surface area (Å²) in [6.07, 6.45) is -0.852. The maximum absolute atomic E-state index is 9.40. The third-order valence-corrected chi connectivity index (χ3v) is 3.27. The quantitative estimate of drug-likeness (QED) is 0.676. The van der Waals surface area contributed by atoms with E-state index in [1.165, 1.54) is 0 Å². The molecule has 0 aliphatic heterocycles. The van der Waals surface area contributed by atoms with Crippen molar-refractivity contribution < 1.29 is 14.9 Å². The molecule has 0 radical (unpaired) electrons. The Bertz CT molecular complexity index is 424. The SMILES string of the molecule is Cc1cc(Br)cc(CNCC(C)C)c1OCC(O)CO. The second kappa shape index (κ2) is 8.62. The van der Waals surface area contributed by atoms with Gasteiger partial charge in [-0.05, 0) is 37.1 Å². The molecule has 5 heteroatoms. The largest absolute Gasteiger partial charge is 0.490 e. The maximum Gasteiger partial charge on any atom is 0.126 e. The lowest BCUT2D eigenvalue weighted by molar-refractivity contribution is 0.0530. The summed E-state index contributed by atoms with van der Waals surface area (Å²) in [5.74, 6) is 1.36. The molecular weight excluding hydrogens is 322 g/mol. The van der Waals surface area contributed by atoms with Crippen molar-refractivity contribution in [1.82, 2.24) is 5.32 Å². The van der Waals surface area contributed by atoms with E-state index in [1.54, 1.807) is 0 Å². The van der Waals surface area contributed by atoms with E-state index in [9.17, 15) is 5.11 Å². The Balaban J connectivity index is 2.78. The molecule has 0 amide bonds. The van der Waals surface area contributed by atoms with Crippen LogP contribution >= 0.6 is 15.9 Å². The van der Waals surface area contributed by atoms with Gasteiger partial charge in [0.25, 0.3) is 0 Å². The number of halogens is 1. The maximum atomic E-state index is 9.40. The van der Waals surface area contributed by atoms with Gasteiger partial charge < -0.3 is 20.3 Å². The molecule has 0 saturated heterocycles. The Morgan fingerprint density at radius 1 is 1.35 bits per heavy atom. The highest BCUT2D eigenvalue weighted by Gasteiger charge is 2.11. The van der Waals surface area contributed by atoms with E-state index in [-0.39, 0.29) is 13.2 Å². The summed E-state index contributed by atoms with van der Waals surface area (Å²) in [5.41, 5.74) is 2.05. The summed E-state index contributed by atoms with van der Waals surface area (Å²) in [6, 6.07) is 3.99. The average molecular weight is 346 g/mol. The predicted molar refractivity (Wildman–Crippen MR) is 84.0 cm³/mol. The molecule has 4 nitrogen and oxygen atoms in total. The number of benzene rings is 1. The van der Waals surface area contributed by atoms with E-state index in [1.807, 2.05) is 19.1 Å². The zero-order valence-electron chi connectivity index (χ0n) is 12.3. The van der Waals surface area contributed by atoms with Crippen LogP contribution in [-0.2, 0) is 6.54 Å². The van der Waals surface area contributed by atoms with E-state index >= 15 is 0 Å². The molecule has 0 aliphatic rings. The molecule has 1 atom stereocenters. The topological polar surface area (TPSA) is 61.7 Å². The number of hydrogen-bond donors (Lipinski definition) is 3. The first kappa shape index (κ1) is 17.4. The molecule has 1 rings (SSSR count). The van der Waals surface area contributed by atoms with Crippen molar-refractivity contribution in [3.05, 3.63) is 27.7 Å². The molecule has 3 N–H and O–H groups in total. The van der Waals surface area contributed by atoms with Crippen LogP contribution in [0.3, 0.4) is 0 Å². The van der Waals surface area contributed by atoms with Crippen LogP contribution in [0.1, 0.15) is 25.0 Å². The van der Waals surface area contributed by atoms with Crippen molar-refractivity contribution >= 4 is 15.9 Å². The number of aliphatic hydroxyl groups is 2. The fraction of sp³-hybridized carbons (Fsp3) is 0.600. The second-order valence-corrected chi connectivity index (χ2v) is 6.30. The van der Waals surface area contributed by atoms with Gasteiger partial charge in [-0.25, -0.2) is 0 Å². The van der Waals surface area contributed by atoms with Gasteiger partial charge in [0.1, 0.15) is 18.5 Å². The Labute approximate surface area is 129 Å². The van der Waals surface area contributed by atoms with Gasteiger partial charge in [-0.1, -0.05) is 29.8 Å². The number of hydrogen-bond acceptors (Lipinski definition) is 4. The van der Waals surface area contributed by atoms with E-state index in [4.69, 9.17) is 9.84 Å². The minimum atomic E-state index is -0.852. The monoisotopic (exact) mass is 345 g/mol. The molecule has 1 unspecified atom stereocenters. The second-order valence-electron chi connectivity index (χ2n) is 5.38. The van der Waals surface area contributed by atoms with Gasteiger partial charge in [0, 0.05) is 16.6 Å². The number of rotatable bonds is 8. The van der Waals surface area contributed by atoms with Gasteiger partial charge in [0.2, 0.25) is 0 Å². The van der Waals surface area contributed by atoms with Gasteiger partial charge in [-0.3, -0.25) is 0 Å². The molecule has 1 aromatic carbocycles. The first-order chi connectivity index (χ1) is 9.43. The van der Waals surface area contributed by atoms with Gasteiger partial charge in [0.15, 0.2) is 0 Å². The minimum Gasteiger partial charge on any atom is -0.490 e. The van der Waals surface area contributed by atoms with E-state index < -0.39 is 6.10 Å². The summed E-state index contributed by atoms with van der Waals surface area (Å²) >= 11 is 3.49. The fourth-order valence-corrected chi connectivity index (χ4v) is 2.48. The zero-order valence-corrected chi connectivity index (χ0v) is 13.9. The molecular formula is C15H24BrNO3. The van der Waals surface area contributed by atoms with Gasteiger partial charge >= 0.3 is 0 Å². The van der Waals surface area contributed by atoms with Crippen molar-refractivity contribution in [2.45, 2.75) is 33.4 Å². The molecule has 114 valence electrons. The molecule has 0 fully saturated rings. The van der Waals surface area contributed by atoms with Gasteiger partial charge in [0.05, 0.1) is 6.61 Å². The molecule has 20 heavy (non-hydrogen) atoms. The fourth-order valence-electron chi connectivity index (χ4n) is 1.86. The van der Waals surface area contributed by atoms with Crippen LogP contribution in [0.15, 0.2) is 16.6 Å². The molecule has 0 aliphatic carbocycles. The third-order valence-electron chi connectivity index (χ3n) is 2.82. The van der Waals surface area contributed by atoms with E-state index in [2.05, 4.69) is 35.1 Å². The molecule has 1 aromatic rings. The smallest absolute Gasteiger partial charge is 0.126 e. The molecule has 0 saturated carbocycles. The third kappa shape index (κ3) is 5.79. The highest BCUT2D eigenvalue weighted by Crippen LogP contribution is 2.28. The van der Waals surface area contributed by atoms with Gasteiger partial charge in [-0.15, -0.1) is 0 Å². The summed E-state index contributed by atoms with van der Waals surface area (Å²) in [6.45, 7) is 7.74. The average Bonchev–Trinajstić information content (AvgIpc) is 2.36. The number of aliphatic hydroxyl groups excluding tert-OH is 2. The Hall–Kier alpha value is -0.620. The van der Waals surface area contributed by atoms with Crippen LogP contribution in [0.4, 0.5) is 0 Å². The van der Waals surface area contributed by atoms with Crippen LogP contribution in [0.5, 0.6) is 5.75 Å². The Morgan fingerprint density at radius 2 is 2.05 bits per heavy atom. The van der Waals surface area contributed by atoms with Crippen molar-refractivity contribution in [2.24, 2.45) is 5.92 Å². The Kier molecular flexibility index (Phi) is 7.51. The molecule has 0 aromatic heterocycles. The summed E-state index contributed by atoms with van der Waals surface area (Å²) in [5, 5.41) is 21.6. The standard InChI is InChI=1S/C15H24BrNO3/c1-10(2)6-17-7-12-5-13(16)4-11(3)15(12)20-9-14(19)8-18/h4-5,10,14,17-19H,6-9H2,1-3H3. The zero-order chi connectivity index (χ0) is 15.1. The van der Waals surface area contributed by atoms with Crippen LogP contribution in [-0.4, -0.2) is 36.1 Å². The number of aryl methyl sites for hydroxylation is 1. The number of ether oxygens (including phenoxy) is 1. The molecule has 0 spiro atoms. The summed E-state index contributed by atoms with van der Waals surface area (Å²) in [7, 11) is 0. The van der Waals surface area contributed by atoms with Crippen LogP contribution < -0.4 is 10.1 Å². The van der Waals surface area contributed by atoms with Gasteiger partial charge in [-0.2, -0.15) is 0 Å². The lowest BCUT2D eigenvalue weighted by Gasteiger charge is -2.17. The first-order valence-electron chi connectivity index (χ1n) is 6.85. The predicted octanol–water partition coefficient (Wildman–Crippen LogP) is 2.24. The lowest BCUT2D eigenvalue weighted by Crippen LogP contribution is -2.23. The highest BCUT2D eigenvalue weighted by atomic mass is 79.9.